The first kappa shape index (κ1) is 11.2. The third kappa shape index (κ3) is 1.97. The average Bonchev–Trinajstić information content (AvgIpc) is 2.86. The third-order valence-corrected chi connectivity index (χ3v) is 3.44. The number of nitrogens with zero attached hydrogens (tertiary/aromatic N) is 1. The van der Waals surface area contributed by atoms with Crippen molar-refractivity contribution >= 4 is 17.1 Å². The van der Waals surface area contributed by atoms with Crippen molar-refractivity contribution in [3.63, 3.8) is 0 Å². The maximum absolute atomic E-state index is 11.0. The van der Waals surface area contributed by atoms with Gasteiger partial charge in [0.25, 0.3) is 0 Å². The van der Waals surface area contributed by atoms with Crippen molar-refractivity contribution in [3.05, 3.63) is 30.2 Å². The van der Waals surface area contributed by atoms with Crippen LogP contribution in [0.2, 0.25) is 0 Å². The molecule has 0 aliphatic carbocycles. The number of nitrogens with one attached hydrogen (secondary N) is 1. The van der Waals surface area contributed by atoms with Crippen LogP contribution in [0, 0.1) is 5.92 Å². The van der Waals surface area contributed by atoms with Crippen molar-refractivity contribution in [2.75, 3.05) is 6.54 Å². The largest absolute Gasteiger partial charge is 0.481 e. The predicted molar refractivity (Wildman–Crippen MR) is 65.1 cm³/mol. The number of aliphatic carboxylic acids is 1. The maximum Gasteiger partial charge on any atom is 0.306 e. The molecule has 2 N–H and O–H groups in total. The second-order valence-corrected chi connectivity index (χ2v) is 4.61. The first-order chi connectivity index (χ1) is 8.74. The summed E-state index contributed by atoms with van der Waals surface area (Å²) in [6.45, 7) is 0.715. The number of hydrogen-bond acceptors (Lipinski definition) is 4. The van der Waals surface area contributed by atoms with E-state index in [-0.39, 0.29) is 12.0 Å². The van der Waals surface area contributed by atoms with Crippen molar-refractivity contribution in [2.24, 2.45) is 5.92 Å². The number of carboxylic acid groups (broad SMARTS) is 1. The SMILES string of the molecule is O=C(O)C1CCNC(c2ccc3occc3n2)C1. The minimum absolute atomic E-state index is 0.0131. The molecular weight excluding hydrogens is 232 g/mol. The smallest absolute Gasteiger partial charge is 0.306 e. The third-order valence-electron chi connectivity index (χ3n) is 3.44. The molecule has 0 bridgehead atoms. The highest BCUT2D eigenvalue weighted by atomic mass is 16.4. The van der Waals surface area contributed by atoms with E-state index in [1.807, 2.05) is 18.2 Å². The molecule has 18 heavy (non-hydrogen) atoms. The Morgan fingerprint density at radius 2 is 2.33 bits per heavy atom. The maximum atomic E-state index is 11.0. The number of pyridine rings is 1. The van der Waals surface area contributed by atoms with E-state index in [4.69, 9.17) is 9.52 Å². The van der Waals surface area contributed by atoms with Crippen LogP contribution < -0.4 is 5.32 Å². The summed E-state index contributed by atoms with van der Waals surface area (Å²) in [7, 11) is 0. The Morgan fingerprint density at radius 1 is 1.44 bits per heavy atom. The number of fused-ring (bicyclic) bond motifs is 1. The van der Waals surface area contributed by atoms with E-state index in [1.54, 1.807) is 6.26 Å². The Hall–Kier alpha value is -1.88. The monoisotopic (exact) mass is 246 g/mol. The summed E-state index contributed by atoms with van der Waals surface area (Å²) < 4.78 is 5.24. The van der Waals surface area contributed by atoms with Crippen molar-refractivity contribution in [1.82, 2.24) is 10.3 Å². The van der Waals surface area contributed by atoms with Gasteiger partial charge in [0.1, 0.15) is 5.52 Å². The number of furan rings is 1. The van der Waals surface area contributed by atoms with Crippen LogP contribution in [0.1, 0.15) is 24.6 Å². The van der Waals surface area contributed by atoms with Crippen LogP contribution >= 0.6 is 0 Å². The molecule has 0 amide bonds. The molecule has 0 spiro atoms. The molecule has 1 fully saturated rings. The first-order valence-corrected chi connectivity index (χ1v) is 6.04. The fourth-order valence-corrected chi connectivity index (χ4v) is 2.43. The number of hydrogen-bond donors (Lipinski definition) is 2. The minimum Gasteiger partial charge on any atom is -0.481 e. The highest BCUT2D eigenvalue weighted by Gasteiger charge is 2.28. The molecule has 3 heterocycles. The summed E-state index contributed by atoms with van der Waals surface area (Å²) >= 11 is 0. The molecule has 1 aliphatic rings. The standard InChI is InChI=1S/C13H14N2O3/c16-13(17)8-3-5-14-11(7-8)9-1-2-12-10(15-9)4-6-18-12/h1-2,4,6,8,11,14H,3,5,7H2,(H,16,17). The van der Waals surface area contributed by atoms with Gasteiger partial charge in [0.05, 0.1) is 23.9 Å². The molecule has 2 aromatic heterocycles. The van der Waals surface area contributed by atoms with Crippen LogP contribution in [0.5, 0.6) is 0 Å². The molecular formula is C13H14N2O3. The molecule has 94 valence electrons. The van der Waals surface area contributed by atoms with Gasteiger partial charge >= 0.3 is 5.97 Å². The van der Waals surface area contributed by atoms with Gasteiger partial charge in [0.15, 0.2) is 5.58 Å². The van der Waals surface area contributed by atoms with E-state index >= 15 is 0 Å². The summed E-state index contributed by atoms with van der Waals surface area (Å²) in [5.41, 5.74) is 2.45. The van der Waals surface area contributed by atoms with E-state index in [1.165, 1.54) is 0 Å². The summed E-state index contributed by atoms with van der Waals surface area (Å²) in [6.07, 6.45) is 2.88. The van der Waals surface area contributed by atoms with Crippen molar-refractivity contribution in [2.45, 2.75) is 18.9 Å². The van der Waals surface area contributed by atoms with E-state index < -0.39 is 5.97 Å². The lowest BCUT2D eigenvalue weighted by Gasteiger charge is -2.27. The fourth-order valence-electron chi connectivity index (χ4n) is 2.43. The molecule has 5 heteroatoms. The molecule has 1 aliphatic heterocycles. The van der Waals surface area contributed by atoms with Gasteiger partial charge < -0.3 is 14.8 Å². The summed E-state index contributed by atoms with van der Waals surface area (Å²) in [5.74, 6) is -0.996. The quantitative estimate of drug-likeness (QED) is 0.847. The first-order valence-electron chi connectivity index (χ1n) is 6.04. The van der Waals surface area contributed by atoms with Crippen LogP contribution in [-0.2, 0) is 4.79 Å². The molecule has 3 rings (SSSR count). The Balaban J connectivity index is 1.86. The fraction of sp³-hybridized carbons (Fsp3) is 0.385. The normalized spacial score (nSPS) is 24.2. The van der Waals surface area contributed by atoms with Gasteiger partial charge in [-0.15, -0.1) is 0 Å². The lowest BCUT2D eigenvalue weighted by Crippen LogP contribution is -2.35. The number of rotatable bonds is 2. The second-order valence-electron chi connectivity index (χ2n) is 4.61. The zero-order valence-electron chi connectivity index (χ0n) is 9.80. The number of aromatic nitrogens is 1. The second kappa shape index (κ2) is 4.42. The van der Waals surface area contributed by atoms with Gasteiger partial charge in [-0.25, -0.2) is 4.98 Å². The predicted octanol–water partition coefficient (Wildman–Crippen LogP) is 1.95. The van der Waals surface area contributed by atoms with Crippen molar-refractivity contribution < 1.29 is 14.3 Å². The highest BCUT2D eigenvalue weighted by molar-refractivity contribution is 5.72. The lowest BCUT2D eigenvalue weighted by atomic mass is 9.91. The Kier molecular flexibility index (Phi) is 2.76. The van der Waals surface area contributed by atoms with Crippen molar-refractivity contribution in [3.8, 4) is 0 Å². The molecule has 0 radical (unpaired) electrons. The van der Waals surface area contributed by atoms with Gasteiger partial charge in [-0.05, 0) is 31.5 Å². The van der Waals surface area contributed by atoms with E-state index in [0.717, 1.165) is 16.8 Å². The average molecular weight is 246 g/mol. The summed E-state index contributed by atoms with van der Waals surface area (Å²) in [5, 5.41) is 12.4. The molecule has 1 saturated heterocycles. The van der Waals surface area contributed by atoms with Crippen LogP contribution in [0.3, 0.4) is 0 Å². The van der Waals surface area contributed by atoms with Gasteiger partial charge in [0, 0.05) is 6.07 Å². The highest BCUT2D eigenvalue weighted by Crippen LogP contribution is 2.27. The molecule has 0 aromatic carbocycles. The van der Waals surface area contributed by atoms with Gasteiger partial charge in [0.2, 0.25) is 0 Å². The minimum atomic E-state index is -0.717. The number of piperidine rings is 1. The zero-order chi connectivity index (χ0) is 12.5. The van der Waals surface area contributed by atoms with Gasteiger partial charge in [-0.1, -0.05) is 0 Å². The van der Waals surface area contributed by atoms with Crippen LogP contribution in [-0.4, -0.2) is 22.6 Å². The summed E-state index contributed by atoms with van der Waals surface area (Å²) in [6, 6.07) is 5.60. The summed E-state index contributed by atoms with van der Waals surface area (Å²) in [4.78, 5) is 15.5. The van der Waals surface area contributed by atoms with Crippen molar-refractivity contribution in [1.29, 1.82) is 0 Å². The van der Waals surface area contributed by atoms with E-state index in [9.17, 15) is 4.79 Å². The zero-order valence-corrected chi connectivity index (χ0v) is 9.80. The Labute approximate surface area is 104 Å². The van der Waals surface area contributed by atoms with E-state index in [0.29, 0.717) is 19.4 Å². The van der Waals surface area contributed by atoms with Gasteiger partial charge in [-0.3, -0.25) is 4.79 Å². The number of carboxylic acids is 1. The molecule has 2 aromatic rings. The topological polar surface area (TPSA) is 75.4 Å². The molecule has 0 saturated carbocycles. The van der Waals surface area contributed by atoms with E-state index in [2.05, 4.69) is 10.3 Å². The van der Waals surface area contributed by atoms with Crippen LogP contribution in [0.4, 0.5) is 0 Å². The Bertz CT molecular complexity index is 578. The molecule has 2 atom stereocenters. The molecule has 5 nitrogen and oxygen atoms in total. The van der Waals surface area contributed by atoms with Gasteiger partial charge in [-0.2, -0.15) is 0 Å². The Morgan fingerprint density at radius 3 is 3.17 bits per heavy atom. The lowest BCUT2D eigenvalue weighted by molar-refractivity contribution is -0.143. The van der Waals surface area contributed by atoms with Crippen LogP contribution in [0.15, 0.2) is 28.9 Å². The number of carbonyl (C=O) groups is 1. The van der Waals surface area contributed by atoms with Crippen LogP contribution in [0.25, 0.3) is 11.1 Å². The molecule has 2 unspecified atom stereocenters.